The third-order valence-electron chi connectivity index (χ3n) is 3.62. The number of carbonyl (C=O) groups is 2. The van der Waals surface area contributed by atoms with Gasteiger partial charge in [0.05, 0.1) is 0 Å². The van der Waals surface area contributed by atoms with Gasteiger partial charge in [-0.1, -0.05) is 54.6 Å². The van der Waals surface area contributed by atoms with E-state index in [1.54, 1.807) is 0 Å². The summed E-state index contributed by atoms with van der Waals surface area (Å²) in [4.78, 5) is 24.1. The molecule has 4 nitrogen and oxygen atoms in total. The largest absolute Gasteiger partial charge is 0.322 e. The highest BCUT2D eigenvalue weighted by Gasteiger charge is 2.49. The fourth-order valence-corrected chi connectivity index (χ4v) is 2.69. The Labute approximate surface area is 116 Å². The molecule has 2 N–H and O–H groups in total. The number of amides is 3. The predicted molar refractivity (Wildman–Crippen MR) is 75.1 cm³/mol. The summed E-state index contributed by atoms with van der Waals surface area (Å²) in [5.74, 6) is -0.344. The number of imide groups is 1. The maximum Gasteiger partial charge on any atom is 0.322 e. The van der Waals surface area contributed by atoms with Gasteiger partial charge in [0.1, 0.15) is 0 Å². The molecular formula is C16H14N2O2. The molecule has 3 rings (SSSR count). The minimum atomic E-state index is -1.15. The summed E-state index contributed by atoms with van der Waals surface area (Å²) in [6.45, 7) is 1.93. The number of rotatable bonds is 2. The lowest BCUT2D eigenvalue weighted by molar-refractivity contribution is -0.122. The van der Waals surface area contributed by atoms with Crippen LogP contribution in [0.5, 0.6) is 0 Å². The van der Waals surface area contributed by atoms with Gasteiger partial charge in [-0.05, 0) is 23.6 Å². The zero-order valence-electron chi connectivity index (χ0n) is 11.0. The van der Waals surface area contributed by atoms with Gasteiger partial charge >= 0.3 is 6.03 Å². The lowest BCUT2D eigenvalue weighted by Crippen LogP contribution is -2.45. The second-order valence-electron chi connectivity index (χ2n) is 4.84. The third-order valence-corrected chi connectivity index (χ3v) is 3.62. The van der Waals surface area contributed by atoms with Crippen molar-refractivity contribution < 1.29 is 9.59 Å². The summed E-state index contributed by atoms with van der Waals surface area (Å²) in [6.07, 6.45) is 0. The first-order chi connectivity index (χ1) is 9.64. The van der Waals surface area contributed by atoms with Gasteiger partial charge in [-0.3, -0.25) is 10.1 Å². The molecular weight excluding hydrogens is 252 g/mol. The van der Waals surface area contributed by atoms with Crippen LogP contribution in [0.15, 0.2) is 54.6 Å². The van der Waals surface area contributed by atoms with E-state index in [9.17, 15) is 9.59 Å². The topological polar surface area (TPSA) is 58.2 Å². The van der Waals surface area contributed by atoms with Crippen molar-refractivity contribution in [2.45, 2.75) is 12.5 Å². The number of benzene rings is 2. The summed E-state index contributed by atoms with van der Waals surface area (Å²) in [5.41, 5.74) is 1.34. The maximum absolute atomic E-state index is 12.5. The van der Waals surface area contributed by atoms with Crippen molar-refractivity contribution in [3.63, 3.8) is 0 Å². The number of urea groups is 1. The maximum atomic E-state index is 12.5. The quantitative estimate of drug-likeness (QED) is 0.818. The Kier molecular flexibility index (Phi) is 2.79. The highest BCUT2D eigenvalue weighted by Crippen LogP contribution is 2.34. The molecule has 1 aliphatic heterocycles. The van der Waals surface area contributed by atoms with E-state index in [0.29, 0.717) is 0 Å². The van der Waals surface area contributed by atoms with E-state index in [4.69, 9.17) is 0 Å². The van der Waals surface area contributed by atoms with Crippen molar-refractivity contribution in [2.75, 3.05) is 0 Å². The lowest BCUT2D eigenvalue weighted by atomic mass is 9.81. The summed E-state index contributed by atoms with van der Waals surface area (Å²) in [6, 6.07) is 16.4. The number of nitrogens with one attached hydrogen (secondary N) is 2. The smallest absolute Gasteiger partial charge is 0.316 e. The van der Waals surface area contributed by atoms with E-state index in [1.807, 2.05) is 61.5 Å². The molecule has 0 aromatic heterocycles. The van der Waals surface area contributed by atoms with Gasteiger partial charge in [0, 0.05) is 0 Å². The molecule has 2 aromatic carbocycles. The molecule has 0 spiro atoms. The van der Waals surface area contributed by atoms with E-state index in [1.165, 1.54) is 0 Å². The Hall–Kier alpha value is -2.62. The van der Waals surface area contributed by atoms with Crippen LogP contribution < -0.4 is 10.6 Å². The van der Waals surface area contributed by atoms with Crippen LogP contribution in [-0.2, 0) is 10.3 Å². The first-order valence-corrected chi connectivity index (χ1v) is 6.40. The molecule has 4 heteroatoms. The molecule has 0 saturated carbocycles. The molecule has 1 fully saturated rings. The predicted octanol–water partition coefficient (Wildman–Crippen LogP) is 2.08. The van der Waals surface area contributed by atoms with E-state index in [2.05, 4.69) is 10.6 Å². The van der Waals surface area contributed by atoms with Crippen molar-refractivity contribution in [1.29, 1.82) is 0 Å². The van der Waals surface area contributed by atoms with E-state index in [-0.39, 0.29) is 5.91 Å². The van der Waals surface area contributed by atoms with Crippen molar-refractivity contribution >= 4 is 11.9 Å². The first-order valence-electron chi connectivity index (χ1n) is 6.40. The van der Waals surface area contributed by atoms with E-state index < -0.39 is 11.6 Å². The SMILES string of the molecule is Cc1ccccc1[C@]1(c2ccccc2)NC(=O)NC1=O. The molecule has 0 unspecified atom stereocenters. The molecule has 1 heterocycles. The van der Waals surface area contributed by atoms with E-state index in [0.717, 1.165) is 16.7 Å². The first kappa shape index (κ1) is 12.4. The summed E-state index contributed by atoms with van der Waals surface area (Å²) < 4.78 is 0. The van der Waals surface area contributed by atoms with Crippen LogP contribution in [-0.4, -0.2) is 11.9 Å². The molecule has 3 amide bonds. The molecule has 0 aliphatic carbocycles. The van der Waals surface area contributed by atoms with Gasteiger partial charge in [0.15, 0.2) is 5.54 Å². The summed E-state index contributed by atoms with van der Waals surface area (Å²) in [5, 5.41) is 5.13. The van der Waals surface area contributed by atoms with Gasteiger partial charge in [-0.15, -0.1) is 0 Å². The van der Waals surface area contributed by atoms with E-state index >= 15 is 0 Å². The van der Waals surface area contributed by atoms with Gasteiger partial charge in [0.2, 0.25) is 0 Å². The Morgan fingerprint density at radius 3 is 2.15 bits per heavy atom. The standard InChI is InChI=1S/C16H14N2O2/c1-11-7-5-6-10-13(11)16(12-8-3-2-4-9-12)14(19)17-15(20)18-16/h2-10H,1H3,(H2,17,18,19,20)/t16-/m0/s1. The van der Waals surface area contributed by atoms with Crippen molar-refractivity contribution in [2.24, 2.45) is 0 Å². The third kappa shape index (κ3) is 1.69. The highest BCUT2D eigenvalue weighted by atomic mass is 16.2. The van der Waals surface area contributed by atoms with Gasteiger partial charge in [-0.25, -0.2) is 4.79 Å². The molecule has 1 saturated heterocycles. The summed E-state index contributed by atoms with van der Waals surface area (Å²) in [7, 11) is 0. The van der Waals surface area contributed by atoms with Crippen LogP contribution in [0.3, 0.4) is 0 Å². The average molecular weight is 266 g/mol. The fraction of sp³-hybridized carbons (Fsp3) is 0.125. The normalized spacial score (nSPS) is 21.4. The molecule has 20 heavy (non-hydrogen) atoms. The van der Waals surface area contributed by atoms with Crippen LogP contribution in [0.4, 0.5) is 4.79 Å². The van der Waals surface area contributed by atoms with Crippen LogP contribution in [0.1, 0.15) is 16.7 Å². The average Bonchev–Trinajstić information content (AvgIpc) is 2.76. The molecule has 1 atom stereocenters. The van der Waals surface area contributed by atoms with Crippen molar-refractivity contribution in [3.05, 3.63) is 71.3 Å². The lowest BCUT2D eigenvalue weighted by Gasteiger charge is -2.28. The second kappa shape index (κ2) is 4.49. The molecule has 1 aliphatic rings. The highest BCUT2D eigenvalue weighted by molar-refractivity contribution is 6.09. The molecule has 0 bridgehead atoms. The Balaban J connectivity index is 2.28. The monoisotopic (exact) mass is 266 g/mol. The minimum absolute atomic E-state index is 0.344. The van der Waals surface area contributed by atoms with Crippen LogP contribution in [0.2, 0.25) is 0 Å². The number of carbonyl (C=O) groups excluding carboxylic acids is 2. The van der Waals surface area contributed by atoms with Gasteiger partial charge in [0.25, 0.3) is 5.91 Å². The Morgan fingerprint density at radius 1 is 0.900 bits per heavy atom. The second-order valence-corrected chi connectivity index (χ2v) is 4.84. The fourth-order valence-electron chi connectivity index (χ4n) is 2.69. The van der Waals surface area contributed by atoms with Crippen molar-refractivity contribution in [3.8, 4) is 0 Å². The molecule has 2 aromatic rings. The zero-order chi connectivity index (χ0) is 14.2. The Bertz CT molecular complexity index is 682. The zero-order valence-corrected chi connectivity index (χ0v) is 11.0. The molecule has 0 radical (unpaired) electrons. The summed E-state index contributed by atoms with van der Waals surface area (Å²) >= 11 is 0. The van der Waals surface area contributed by atoms with Gasteiger partial charge < -0.3 is 5.32 Å². The van der Waals surface area contributed by atoms with Crippen molar-refractivity contribution in [1.82, 2.24) is 10.6 Å². The van der Waals surface area contributed by atoms with Crippen LogP contribution in [0.25, 0.3) is 0 Å². The van der Waals surface area contributed by atoms with Crippen LogP contribution in [0, 0.1) is 6.92 Å². The van der Waals surface area contributed by atoms with Gasteiger partial charge in [-0.2, -0.15) is 0 Å². The number of aryl methyl sites for hydroxylation is 1. The molecule has 100 valence electrons. The number of hydrogen-bond donors (Lipinski definition) is 2. The Morgan fingerprint density at radius 2 is 1.55 bits per heavy atom. The minimum Gasteiger partial charge on any atom is -0.316 e. The number of hydrogen-bond acceptors (Lipinski definition) is 2. The van der Waals surface area contributed by atoms with Crippen LogP contribution >= 0.6 is 0 Å².